The third-order valence-corrected chi connectivity index (χ3v) is 6.75. The Kier molecular flexibility index (Phi) is 6.68. The van der Waals surface area contributed by atoms with Crippen LogP contribution < -0.4 is 4.72 Å². The van der Waals surface area contributed by atoms with Crippen molar-refractivity contribution in [3.8, 4) is 22.6 Å². The lowest BCUT2D eigenvalue weighted by molar-refractivity contribution is -0.0429. The molecule has 0 atom stereocenters. The van der Waals surface area contributed by atoms with Crippen molar-refractivity contribution in [1.82, 2.24) is 15.0 Å². The van der Waals surface area contributed by atoms with Gasteiger partial charge in [0.05, 0.1) is 27.1 Å². The van der Waals surface area contributed by atoms with Gasteiger partial charge in [-0.15, -0.1) is 0 Å². The van der Waals surface area contributed by atoms with E-state index in [4.69, 9.17) is 11.6 Å². The standard InChI is InChI=1S/C19H17BrClF3N4O2S/c1-10(2)7-12-8-11(5-6-25-12)18-26-9-15(27-18)13-3-4-14(16(20)17(13)21)28-31(29,30)19(22,23)24/h3-6,8-10,28H,7H2,1-2H3,(H,26,27). The van der Waals surface area contributed by atoms with E-state index in [9.17, 15) is 21.6 Å². The van der Waals surface area contributed by atoms with E-state index in [0.29, 0.717) is 23.0 Å². The first kappa shape index (κ1) is 23.6. The smallest absolute Gasteiger partial charge is 0.338 e. The lowest BCUT2D eigenvalue weighted by atomic mass is 10.1. The van der Waals surface area contributed by atoms with Gasteiger partial charge in [0.1, 0.15) is 5.82 Å². The highest BCUT2D eigenvalue weighted by Gasteiger charge is 2.46. The summed E-state index contributed by atoms with van der Waals surface area (Å²) in [5.74, 6) is 1.01. The zero-order chi connectivity index (χ0) is 23.0. The fourth-order valence-electron chi connectivity index (χ4n) is 2.80. The van der Waals surface area contributed by atoms with Crippen LogP contribution in [0.3, 0.4) is 0 Å². The highest BCUT2D eigenvalue weighted by Crippen LogP contribution is 2.40. The molecule has 0 unspecified atom stereocenters. The molecule has 0 amide bonds. The minimum atomic E-state index is -5.58. The van der Waals surface area contributed by atoms with Crippen LogP contribution in [0.2, 0.25) is 5.02 Å². The Morgan fingerprint density at radius 3 is 2.58 bits per heavy atom. The predicted molar refractivity (Wildman–Crippen MR) is 117 cm³/mol. The minimum Gasteiger partial charge on any atom is -0.338 e. The molecule has 2 N–H and O–H groups in total. The fraction of sp³-hybridized carbons (Fsp3) is 0.263. The topological polar surface area (TPSA) is 87.7 Å². The summed E-state index contributed by atoms with van der Waals surface area (Å²) in [6.45, 7) is 4.19. The number of nitrogens with zero attached hydrogens (tertiary/aromatic N) is 2. The lowest BCUT2D eigenvalue weighted by Gasteiger charge is -2.14. The van der Waals surface area contributed by atoms with E-state index in [2.05, 4.69) is 44.7 Å². The van der Waals surface area contributed by atoms with Gasteiger partial charge in [-0.05, 0) is 52.5 Å². The van der Waals surface area contributed by atoms with Gasteiger partial charge in [-0.2, -0.15) is 21.6 Å². The van der Waals surface area contributed by atoms with E-state index in [1.165, 1.54) is 23.1 Å². The Morgan fingerprint density at radius 2 is 1.94 bits per heavy atom. The van der Waals surface area contributed by atoms with E-state index < -0.39 is 15.5 Å². The maximum absolute atomic E-state index is 12.6. The Bertz CT molecular complexity index is 1210. The average molecular weight is 538 g/mol. The molecule has 2 heterocycles. The van der Waals surface area contributed by atoms with Crippen molar-refractivity contribution in [1.29, 1.82) is 0 Å². The van der Waals surface area contributed by atoms with Gasteiger partial charge in [0, 0.05) is 23.0 Å². The Hall–Kier alpha value is -2.11. The van der Waals surface area contributed by atoms with Crippen molar-refractivity contribution in [2.45, 2.75) is 25.8 Å². The molecule has 2 aromatic heterocycles. The Morgan fingerprint density at radius 1 is 1.23 bits per heavy atom. The van der Waals surface area contributed by atoms with Crippen molar-refractivity contribution >= 4 is 43.2 Å². The van der Waals surface area contributed by atoms with Crippen LogP contribution in [0.25, 0.3) is 22.6 Å². The fourth-order valence-corrected chi connectivity index (χ4v) is 4.22. The number of benzene rings is 1. The van der Waals surface area contributed by atoms with Crippen LogP contribution in [-0.2, 0) is 16.4 Å². The number of halogens is 5. The van der Waals surface area contributed by atoms with E-state index in [-0.39, 0.29) is 15.2 Å². The summed E-state index contributed by atoms with van der Waals surface area (Å²) in [7, 11) is -5.58. The van der Waals surface area contributed by atoms with Gasteiger partial charge < -0.3 is 4.98 Å². The molecule has 0 spiro atoms. The summed E-state index contributed by atoms with van der Waals surface area (Å²) < 4.78 is 62.1. The Balaban J connectivity index is 1.92. The molecule has 0 fully saturated rings. The number of hydrogen-bond acceptors (Lipinski definition) is 4. The van der Waals surface area contributed by atoms with Crippen LogP contribution in [-0.4, -0.2) is 28.9 Å². The van der Waals surface area contributed by atoms with Crippen molar-refractivity contribution in [2.24, 2.45) is 5.92 Å². The normalized spacial score (nSPS) is 12.4. The molecule has 0 saturated heterocycles. The van der Waals surface area contributed by atoms with Crippen LogP contribution in [0.5, 0.6) is 0 Å². The number of imidazole rings is 1. The monoisotopic (exact) mass is 536 g/mol. The highest BCUT2D eigenvalue weighted by molar-refractivity contribution is 9.10. The molecule has 0 aliphatic carbocycles. The van der Waals surface area contributed by atoms with Crippen molar-refractivity contribution in [3.05, 3.63) is 51.8 Å². The number of aromatic amines is 1. The van der Waals surface area contributed by atoms with E-state index in [1.54, 1.807) is 12.3 Å². The number of alkyl halides is 3. The third-order valence-electron chi connectivity index (χ3n) is 4.20. The number of sulfonamides is 1. The first-order valence-corrected chi connectivity index (χ1v) is 11.6. The first-order valence-electron chi connectivity index (χ1n) is 8.97. The summed E-state index contributed by atoms with van der Waals surface area (Å²) in [4.78, 5) is 11.8. The van der Waals surface area contributed by atoms with E-state index in [1.807, 2.05) is 6.07 Å². The molecule has 6 nitrogen and oxygen atoms in total. The van der Waals surface area contributed by atoms with Crippen molar-refractivity contribution in [3.63, 3.8) is 0 Å². The maximum Gasteiger partial charge on any atom is 0.516 e. The van der Waals surface area contributed by atoms with Crippen molar-refractivity contribution in [2.75, 3.05) is 4.72 Å². The molecular formula is C19H17BrClF3N4O2S. The Labute approximate surface area is 190 Å². The largest absolute Gasteiger partial charge is 0.516 e. The zero-order valence-corrected chi connectivity index (χ0v) is 19.4. The van der Waals surface area contributed by atoms with E-state index >= 15 is 0 Å². The van der Waals surface area contributed by atoms with Crippen LogP contribution in [0.15, 0.2) is 41.1 Å². The summed E-state index contributed by atoms with van der Waals surface area (Å²) in [5, 5.41) is 0.0211. The second-order valence-corrected chi connectivity index (χ2v) is 9.96. The molecule has 1 aromatic carbocycles. The van der Waals surface area contributed by atoms with Crippen molar-refractivity contribution < 1.29 is 21.6 Å². The molecule has 0 aliphatic rings. The predicted octanol–water partition coefficient (Wildman–Crippen LogP) is 6.01. The van der Waals surface area contributed by atoms with Crippen LogP contribution >= 0.6 is 27.5 Å². The number of anilines is 1. The first-order chi connectivity index (χ1) is 14.4. The molecule has 12 heteroatoms. The van der Waals surface area contributed by atoms with Gasteiger partial charge in [0.25, 0.3) is 0 Å². The number of H-pyrrole nitrogens is 1. The summed E-state index contributed by atoms with van der Waals surface area (Å²) >= 11 is 9.36. The second kappa shape index (κ2) is 8.79. The SMILES string of the molecule is CC(C)Cc1cc(-c2ncc(-c3ccc(NS(=O)(=O)C(F)(F)F)c(Br)c3Cl)[nH]2)ccn1. The van der Waals surface area contributed by atoms with Gasteiger partial charge in [0.15, 0.2) is 0 Å². The molecular weight excluding hydrogens is 521 g/mol. The van der Waals surface area contributed by atoms with Gasteiger partial charge in [-0.1, -0.05) is 25.4 Å². The maximum atomic E-state index is 12.6. The summed E-state index contributed by atoms with van der Waals surface area (Å²) in [6, 6.07) is 6.31. The van der Waals surface area contributed by atoms with Gasteiger partial charge in [0.2, 0.25) is 0 Å². The minimum absolute atomic E-state index is 0.0211. The van der Waals surface area contributed by atoms with Crippen LogP contribution in [0, 0.1) is 5.92 Å². The van der Waals surface area contributed by atoms with Gasteiger partial charge in [-0.25, -0.2) is 4.98 Å². The molecule has 0 aliphatic heterocycles. The van der Waals surface area contributed by atoms with Gasteiger partial charge in [-0.3, -0.25) is 9.71 Å². The number of aromatic nitrogens is 3. The molecule has 31 heavy (non-hydrogen) atoms. The lowest BCUT2D eigenvalue weighted by Crippen LogP contribution is -2.30. The van der Waals surface area contributed by atoms with Crippen LogP contribution in [0.1, 0.15) is 19.5 Å². The highest BCUT2D eigenvalue weighted by atomic mass is 79.9. The molecule has 3 aromatic rings. The molecule has 166 valence electrons. The second-order valence-electron chi connectivity index (χ2n) is 7.12. The molecule has 0 bridgehead atoms. The van der Waals surface area contributed by atoms with E-state index in [0.717, 1.165) is 17.7 Å². The quantitative estimate of drug-likeness (QED) is 0.403. The summed E-state index contributed by atoms with van der Waals surface area (Å²) in [5.41, 5.74) is -3.10. The molecule has 0 saturated carbocycles. The zero-order valence-electron chi connectivity index (χ0n) is 16.3. The third kappa shape index (κ3) is 5.21. The average Bonchev–Trinajstić information content (AvgIpc) is 3.14. The van der Waals surface area contributed by atoms with Gasteiger partial charge >= 0.3 is 15.5 Å². The number of hydrogen-bond donors (Lipinski definition) is 2. The number of nitrogens with one attached hydrogen (secondary N) is 2. The number of pyridine rings is 1. The summed E-state index contributed by atoms with van der Waals surface area (Å²) in [6.07, 6.45) is 4.04. The number of rotatable bonds is 6. The molecule has 0 radical (unpaired) electrons. The molecule has 3 rings (SSSR count). The van der Waals surface area contributed by atoms with Crippen LogP contribution in [0.4, 0.5) is 18.9 Å².